The first kappa shape index (κ1) is 9.72. The number of hydrogen-bond acceptors (Lipinski definition) is 3. The lowest BCUT2D eigenvalue weighted by Gasteiger charge is -2.07. The molecular formula is C10H13N3. The SMILES string of the molecule is C#CC(CCc1ccncc1)NN. The molecule has 3 nitrogen and oxygen atoms in total. The fourth-order valence-electron chi connectivity index (χ4n) is 1.08. The van der Waals surface area contributed by atoms with Crippen LogP contribution in [0.4, 0.5) is 0 Å². The molecule has 1 aromatic rings. The zero-order valence-electron chi connectivity index (χ0n) is 7.40. The van der Waals surface area contributed by atoms with E-state index in [1.54, 1.807) is 12.4 Å². The van der Waals surface area contributed by atoms with Crippen LogP contribution >= 0.6 is 0 Å². The van der Waals surface area contributed by atoms with Crippen molar-refractivity contribution in [2.75, 3.05) is 0 Å². The molecule has 0 aromatic carbocycles. The van der Waals surface area contributed by atoms with Gasteiger partial charge >= 0.3 is 0 Å². The number of nitrogens with two attached hydrogens (primary N) is 1. The van der Waals surface area contributed by atoms with Crippen molar-refractivity contribution in [2.24, 2.45) is 5.84 Å². The number of nitrogens with one attached hydrogen (secondary N) is 1. The third-order valence-corrected chi connectivity index (χ3v) is 1.87. The number of aryl methyl sites for hydroxylation is 1. The summed E-state index contributed by atoms with van der Waals surface area (Å²) in [6.45, 7) is 0. The minimum absolute atomic E-state index is 0.0480. The van der Waals surface area contributed by atoms with Crippen LogP contribution in [0.3, 0.4) is 0 Å². The van der Waals surface area contributed by atoms with E-state index in [1.165, 1.54) is 5.56 Å². The smallest absolute Gasteiger partial charge is 0.0818 e. The zero-order chi connectivity index (χ0) is 9.52. The molecule has 1 atom stereocenters. The second kappa shape index (κ2) is 5.31. The topological polar surface area (TPSA) is 50.9 Å². The van der Waals surface area contributed by atoms with Gasteiger partial charge in [-0.3, -0.25) is 10.8 Å². The van der Waals surface area contributed by atoms with E-state index in [0.29, 0.717) is 0 Å². The van der Waals surface area contributed by atoms with E-state index in [1.807, 2.05) is 12.1 Å². The fraction of sp³-hybridized carbons (Fsp3) is 0.300. The number of nitrogens with zero attached hydrogens (tertiary/aromatic N) is 1. The molecule has 1 rings (SSSR count). The van der Waals surface area contributed by atoms with Gasteiger partial charge in [0.2, 0.25) is 0 Å². The molecule has 3 N–H and O–H groups in total. The van der Waals surface area contributed by atoms with Crippen molar-refractivity contribution in [1.29, 1.82) is 0 Å². The Bertz CT molecular complexity index is 276. The van der Waals surface area contributed by atoms with Crippen LogP contribution in [0.15, 0.2) is 24.5 Å². The monoisotopic (exact) mass is 175 g/mol. The van der Waals surface area contributed by atoms with Crippen molar-refractivity contribution in [1.82, 2.24) is 10.4 Å². The van der Waals surface area contributed by atoms with Crippen LogP contribution in [0.5, 0.6) is 0 Å². The molecule has 0 bridgehead atoms. The van der Waals surface area contributed by atoms with E-state index in [4.69, 9.17) is 12.3 Å². The lowest BCUT2D eigenvalue weighted by atomic mass is 10.1. The van der Waals surface area contributed by atoms with Crippen molar-refractivity contribution < 1.29 is 0 Å². The van der Waals surface area contributed by atoms with Crippen LogP contribution in [-0.4, -0.2) is 11.0 Å². The average Bonchev–Trinajstić information content (AvgIpc) is 2.21. The Morgan fingerprint density at radius 3 is 2.77 bits per heavy atom. The Morgan fingerprint density at radius 1 is 1.54 bits per heavy atom. The molecular weight excluding hydrogens is 162 g/mol. The van der Waals surface area contributed by atoms with Gasteiger partial charge in [0.1, 0.15) is 0 Å². The quantitative estimate of drug-likeness (QED) is 0.397. The summed E-state index contributed by atoms with van der Waals surface area (Å²) in [7, 11) is 0. The van der Waals surface area contributed by atoms with Gasteiger partial charge in [0.05, 0.1) is 6.04 Å². The van der Waals surface area contributed by atoms with Crippen molar-refractivity contribution in [3.63, 3.8) is 0 Å². The van der Waals surface area contributed by atoms with E-state index in [-0.39, 0.29) is 6.04 Å². The molecule has 0 saturated carbocycles. The van der Waals surface area contributed by atoms with E-state index < -0.39 is 0 Å². The maximum atomic E-state index is 5.24. The van der Waals surface area contributed by atoms with Gasteiger partial charge in [-0.15, -0.1) is 6.42 Å². The summed E-state index contributed by atoms with van der Waals surface area (Å²) in [6.07, 6.45) is 10.6. The van der Waals surface area contributed by atoms with Crippen LogP contribution in [-0.2, 0) is 6.42 Å². The van der Waals surface area contributed by atoms with Gasteiger partial charge in [-0.05, 0) is 30.5 Å². The van der Waals surface area contributed by atoms with Gasteiger partial charge < -0.3 is 0 Å². The second-order valence-corrected chi connectivity index (χ2v) is 2.78. The van der Waals surface area contributed by atoms with E-state index in [2.05, 4.69) is 16.3 Å². The van der Waals surface area contributed by atoms with Crippen molar-refractivity contribution in [2.45, 2.75) is 18.9 Å². The molecule has 0 fully saturated rings. The van der Waals surface area contributed by atoms with E-state index >= 15 is 0 Å². The van der Waals surface area contributed by atoms with E-state index in [0.717, 1.165) is 12.8 Å². The van der Waals surface area contributed by atoms with Crippen molar-refractivity contribution in [3.05, 3.63) is 30.1 Å². The summed E-state index contributed by atoms with van der Waals surface area (Å²) in [6, 6.07) is 3.90. The van der Waals surface area contributed by atoms with Gasteiger partial charge in [0.15, 0.2) is 0 Å². The van der Waals surface area contributed by atoms with Gasteiger partial charge in [-0.1, -0.05) is 5.92 Å². The van der Waals surface area contributed by atoms with E-state index in [9.17, 15) is 0 Å². The number of aromatic nitrogens is 1. The highest BCUT2D eigenvalue weighted by atomic mass is 15.2. The Hall–Kier alpha value is -1.37. The van der Waals surface area contributed by atoms with Gasteiger partial charge in [-0.25, -0.2) is 5.43 Å². The van der Waals surface area contributed by atoms with Crippen LogP contribution in [0.1, 0.15) is 12.0 Å². The lowest BCUT2D eigenvalue weighted by Crippen LogP contribution is -2.34. The maximum absolute atomic E-state index is 5.24. The molecule has 0 aliphatic carbocycles. The average molecular weight is 175 g/mol. The zero-order valence-corrected chi connectivity index (χ0v) is 7.40. The summed E-state index contributed by atoms with van der Waals surface area (Å²) in [4.78, 5) is 3.93. The lowest BCUT2D eigenvalue weighted by molar-refractivity contribution is 0.592. The first-order chi connectivity index (χ1) is 6.36. The number of hydrogen-bond donors (Lipinski definition) is 2. The first-order valence-corrected chi connectivity index (χ1v) is 4.18. The predicted octanol–water partition coefficient (Wildman–Crippen LogP) is 0.479. The number of rotatable bonds is 4. The molecule has 0 spiro atoms. The molecule has 13 heavy (non-hydrogen) atoms. The van der Waals surface area contributed by atoms with Crippen LogP contribution in [0.2, 0.25) is 0 Å². The minimum Gasteiger partial charge on any atom is -0.270 e. The van der Waals surface area contributed by atoms with Crippen molar-refractivity contribution in [3.8, 4) is 12.3 Å². The third-order valence-electron chi connectivity index (χ3n) is 1.87. The van der Waals surface area contributed by atoms with Gasteiger partial charge in [0.25, 0.3) is 0 Å². The third kappa shape index (κ3) is 3.24. The molecule has 0 radical (unpaired) electrons. The summed E-state index contributed by atoms with van der Waals surface area (Å²) in [5.74, 6) is 7.81. The predicted molar refractivity (Wildman–Crippen MR) is 52.5 cm³/mol. The molecule has 0 amide bonds. The highest BCUT2D eigenvalue weighted by molar-refractivity contribution is 5.11. The Labute approximate surface area is 78.3 Å². The highest BCUT2D eigenvalue weighted by Crippen LogP contribution is 2.02. The molecule has 0 aliphatic heterocycles. The summed E-state index contributed by atoms with van der Waals surface area (Å²) < 4.78 is 0. The fourth-order valence-corrected chi connectivity index (χ4v) is 1.08. The molecule has 68 valence electrons. The molecule has 3 heteroatoms. The number of pyridine rings is 1. The molecule has 1 aromatic heterocycles. The maximum Gasteiger partial charge on any atom is 0.0818 e. The number of terminal acetylenes is 1. The van der Waals surface area contributed by atoms with Crippen LogP contribution in [0.25, 0.3) is 0 Å². The molecule has 1 unspecified atom stereocenters. The van der Waals surface area contributed by atoms with Gasteiger partial charge in [-0.2, -0.15) is 0 Å². The van der Waals surface area contributed by atoms with Crippen LogP contribution < -0.4 is 11.3 Å². The Balaban J connectivity index is 2.40. The molecule has 0 aliphatic rings. The van der Waals surface area contributed by atoms with Gasteiger partial charge in [0, 0.05) is 12.4 Å². The standard InChI is InChI=1S/C10H13N3/c1-2-10(13-11)4-3-9-5-7-12-8-6-9/h1,5-8,10,13H,3-4,11H2. The largest absolute Gasteiger partial charge is 0.270 e. The first-order valence-electron chi connectivity index (χ1n) is 4.18. The van der Waals surface area contributed by atoms with Crippen molar-refractivity contribution >= 4 is 0 Å². The number of hydrazine groups is 1. The summed E-state index contributed by atoms with van der Waals surface area (Å²) >= 11 is 0. The Kier molecular flexibility index (Phi) is 3.97. The molecule has 1 heterocycles. The molecule has 0 saturated heterocycles. The summed E-state index contributed by atoms with van der Waals surface area (Å²) in [5, 5.41) is 0. The normalized spacial score (nSPS) is 12.0. The minimum atomic E-state index is -0.0480. The van der Waals surface area contributed by atoms with Crippen LogP contribution in [0, 0.1) is 12.3 Å². The summed E-state index contributed by atoms with van der Waals surface area (Å²) in [5.41, 5.74) is 3.80. The second-order valence-electron chi connectivity index (χ2n) is 2.78. The highest BCUT2D eigenvalue weighted by Gasteiger charge is 2.01. The Morgan fingerprint density at radius 2 is 2.23 bits per heavy atom.